The Kier molecular flexibility index (Phi) is 4.23. The number of halogens is 1. The molecule has 2 aromatic rings. The first kappa shape index (κ1) is 16.7. The number of phenolic OH excluding ortho intramolecular Hbond substituents is 1. The molecule has 1 N–H and O–H groups in total. The van der Waals surface area contributed by atoms with E-state index >= 15 is 0 Å². The first-order valence-electron chi connectivity index (χ1n) is 6.97. The maximum absolute atomic E-state index is 12.6. The maximum atomic E-state index is 12.6. The molecule has 124 valence electrons. The van der Waals surface area contributed by atoms with Crippen molar-refractivity contribution in [3.63, 3.8) is 0 Å². The van der Waals surface area contributed by atoms with Crippen molar-refractivity contribution in [1.29, 1.82) is 0 Å². The average molecular weight is 409 g/mol. The number of ketones is 1. The topological polar surface area (TPSA) is 80.7 Å². The Morgan fingerprint density at radius 1 is 1.25 bits per heavy atom. The van der Waals surface area contributed by atoms with Gasteiger partial charge in [-0.05, 0) is 51.8 Å². The molecule has 7 heteroatoms. The Hall–Kier alpha value is -2.12. The van der Waals surface area contributed by atoms with Crippen molar-refractivity contribution in [2.24, 2.45) is 0 Å². The molecule has 0 aliphatic carbocycles. The summed E-state index contributed by atoms with van der Waals surface area (Å²) in [6.45, 7) is 0. The van der Waals surface area contributed by atoms with Gasteiger partial charge in [0, 0.05) is 11.1 Å². The van der Waals surface area contributed by atoms with Crippen LogP contribution in [0.1, 0.15) is 15.9 Å². The number of methoxy groups -OCH3 is 1. The Morgan fingerprint density at radius 2 is 1.96 bits per heavy atom. The third-order valence-corrected chi connectivity index (χ3v) is 6.04. The summed E-state index contributed by atoms with van der Waals surface area (Å²) in [5.41, 5.74) is 0.905. The number of benzene rings is 2. The molecule has 0 amide bonds. The van der Waals surface area contributed by atoms with Gasteiger partial charge in [-0.2, -0.15) is 0 Å². The van der Waals surface area contributed by atoms with E-state index in [0.717, 1.165) is 0 Å². The zero-order valence-electron chi connectivity index (χ0n) is 12.6. The van der Waals surface area contributed by atoms with E-state index in [1.807, 2.05) is 0 Å². The van der Waals surface area contributed by atoms with E-state index in [2.05, 4.69) is 15.9 Å². The average Bonchev–Trinajstić information content (AvgIpc) is 2.55. The van der Waals surface area contributed by atoms with Crippen LogP contribution in [0.15, 0.2) is 51.3 Å². The Labute approximate surface area is 147 Å². The summed E-state index contributed by atoms with van der Waals surface area (Å²) >= 11 is 3.20. The van der Waals surface area contributed by atoms with Crippen molar-refractivity contribution >= 4 is 37.6 Å². The van der Waals surface area contributed by atoms with E-state index in [1.54, 1.807) is 18.2 Å². The molecule has 0 atom stereocenters. The molecule has 3 rings (SSSR count). The van der Waals surface area contributed by atoms with Crippen LogP contribution in [-0.2, 0) is 9.84 Å². The van der Waals surface area contributed by atoms with Gasteiger partial charge in [0.1, 0.15) is 0 Å². The number of phenols is 1. The van der Waals surface area contributed by atoms with Gasteiger partial charge < -0.3 is 9.84 Å². The van der Waals surface area contributed by atoms with Gasteiger partial charge in [0.15, 0.2) is 27.1 Å². The van der Waals surface area contributed by atoms with Crippen LogP contribution in [0.5, 0.6) is 11.5 Å². The quantitative estimate of drug-likeness (QED) is 0.771. The molecular weight excluding hydrogens is 396 g/mol. The maximum Gasteiger partial charge on any atom is 0.191 e. The number of Topliss-reactive ketones (excluding diaryl/α,β-unsaturated/α-hetero) is 1. The predicted molar refractivity (Wildman–Crippen MR) is 93.2 cm³/mol. The molecule has 1 aliphatic heterocycles. The lowest BCUT2D eigenvalue weighted by Crippen LogP contribution is -2.24. The van der Waals surface area contributed by atoms with Crippen LogP contribution in [0.4, 0.5) is 0 Å². The highest BCUT2D eigenvalue weighted by molar-refractivity contribution is 9.10. The molecule has 0 bridgehead atoms. The summed E-state index contributed by atoms with van der Waals surface area (Å²) in [6, 6.07) is 9.31. The number of carbonyl (C=O) groups excluding carboxylic acids is 1. The Bertz CT molecular complexity index is 976. The Morgan fingerprint density at radius 3 is 2.67 bits per heavy atom. The fraction of sp³-hybridized carbons (Fsp3) is 0.118. The van der Waals surface area contributed by atoms with Crippen LogP contribution in [0, 0.1) is 0 Å². The summed E-state index contributed by atoms with van der Waals surface area (Å²) in [6.07, 6.45) is 1.50. The molecule has 0 spiro atoms. The largest absolute Gasteiger partial charge is 0.503 e. The normalized spacial score (nSPS) is 17.6. The van der Waals surface area contributed by atoms with Crippen molar-refractivity contribution < 1.29 is 23.1 Å². The molecule has 1 heterocycles. The molecule has 0 saturated heterocycles. The summed E-state index contributed by atoms with van der Waals surface area (Å²) in [7, 11) is -2.15. The highest BCUT2D eigenvalue weighted by Crippen LogP contribution is 2.36. The van der Waals surface area contributed by atoms with Gasteiger partial charge in [-0.3, -0.25) is 4.79 Å². The molecule has 2 aromatic carbocycles. The van der Waals surface area contributed by atoms with E-state index in [4.69, 9.17) is 4.74 Å². The SMILES string of the molecule is COc1cc(/C=C2\CS(=O)(=O)c3ccccc3C2=O)cc(Br)c1O. The zero-order valence-corrected chi connectivity index (χ0v) is 15.0. The molecule has 5 nitrogen and oxygen atoms in total. The van der Waals surface area contributed by atoms with Gasteiger partial charge in [-0.15, -0.1) is 0 Å². The number of hydrogen-bond acceptors (Lipinski definition) is 5. The number of sulfone groups is 1. The number of carbonyl (C=O) groups is 1. The lowest BCUT2D eigenvalue weighted by atomic mass is 10.0. The third kappa shape index (κ3) is 2.85. The molecule has 0 saturated carbocycles. The van der Waals surface area contributed by atoms with Crippen LogP contribution in [0.2, 0.25) is 0 Å². The monoisotopic (exact) mass is 408 g/mol. The van der Waals surface area contributed by atoms with E-state index in [0.29, 0.717) is 10.0 Å². The standard InChI is InChI=1S/C17H13BrO5S/c1-23-14-8-10(7-13(18)17(14)20)6-11-9-24(21,22)15-5-3-2-4-12(15)16(11)19/h2-8,20H,9H2,1H3/b11-6+. The summed E-state index contributed by atoms with van der Waals surface area (Å²) in [5, 5.41) is 9.84. The van der Waals surface area contributed by atoms with Gasteiger partial charge >= 0.3 is 0 Å². The van der Waals surface area contributed by atoms with Crippen molar-refractivity contribution in [3.8, 4) is 11.5 Å². The fourth-order valence-electron chi connectivity index (χ4n) is 2.59. The number of rotatable bonds is 2. The second kappa shape index (κ2) is 6.07. The lowest BCUT2D eigenvalue weighted by molar-refractivity contribution is 0.103. The van der Waals surface area contributed by atoms with Gasteiger partial charge in [0.05, 0.1) is 22.2 Å². The minimum Gasteiger partial charge on any atom is -0.503 e. The highest BCUT2D eigenvalue weighted by atomic mass is 79.9. The van der Waals surface area contributed by atoms with Gasteiger partial charge in [-0.25, -0.2) is 8.42 Å². The zero-order chi connectivity index (χ0) is 17.5. The lowest BCUT2D eigenvalue weighted by Gasteiger charge is -2.18. The molecule has 24 heavy (non-hydrogen) atoms. The number of ether oxygens (including phenoxy) is 1. The first-order valence-corrected chi connectivity index (χ1v) is 9.41. The van der Waals surface area contributed by atoms with Gasteiger partial charge in [0.25, 0.3) is 0 Å². The molecule has 0 unspecified atom stereocenters. The van der Waals surface area contributed by atoms with Crippen LogP contribution in [-0.4, -0.2) is 32.2 Å². The molecule has 0 radical (unpaired) electrons. The van der Waals surface area contributed by atoms with Crippen molar-refractivity contribution in [2.75, 3.05) is 12.9 Å². The van der Waals surface area contributed by atoms with Crippen LogP contribution in [0.25, 0.3) is 6.08 Å². The molecule has 0 aromatic heterocycles. The number of fused-ring (bicyclic) bond motifs is 1. The van der Waals surface area contributed by atoms with E-state index < -0.39 is 9.84 Å². The Balaban J connectivity index is 2.13. The summed E-state index contributed by atoms with van der Waals surface area (Å²) in [5.74, 6) is -0.511. The van der Waals surface area contributed by atoms with Crippen LogP contribution < -0.4 is 4.74 Å². The van der Waals surface area contributed by atoms with E-state index in [9.17, 15) is 18.3 Å². The van der Waals surface area contributed by atoms with E-state index in [-0.39, 0.29) is 39.1 Å². The minimum atomic E-state index is -3.56. The smallest absolute Gasteiger partial charge is 0.191 e. The number of aromatic hydroxyl groups is 1. The van der Waals surface area contributed by atoms with Crippen LogP contribution in [0.3, 0.4) is 0 Å². The fourth-order valence-corrected chi connectivity index (χ4v) is 4.61. The van der Waals surface area contributed by atoms with Gasteiger partial charge in [0.2, 0.25) is 0 Å². The van der Waals surface area contributed by atoms with Crippen molar-refractivity contribution in [1.82, 2.24) is 0 Å². The second-order valence-corrected chi connectivity index (χ2v) is 8.12. The number of hydrogen-bond donors (Lipinski definition) is 1. The summed E-state index contributed by atoms with van der Waals surface area (Å²) in [4.78, 5) is 12.7. The minimum absolute atomic E-state index is 0.0624. The van der Waals surface area contributed by atoms with Crippen molar-refractivity contribution in [2.45, 2.75) is 4.90 Å². The van der Waals surface area contributed by atoms with Gasteiger partial charge in [-0.1, -0.05) is 12.1 Å². The third-order valence-electron chi connectivity index (χ3n) is 3.72. The van der Waals surface area contributed by atoms with E-state index in [1.165, 1.54) is 31.4 Å². The summed E-state index contributed by atoms with van der Waals surface area (Å²) < 4.78 is 30.2. The predicted octanol–water partition coefficient (Wildman–Crippen LogP) is 3.22. The second-order valence-electron chi connectivity index (χ2n) is 5.31. The molecule has 0 fully saturated rings. The molecular formula is C17H13BrO5S. The van der Waals surface area contributed by atoms with Crippen LogP contribution >= 0.6 is 15.9 Å². The molecule has 1 aliphatic rings. The highest BCUT2D eigenvalue weighted by Gasteiger charge is 2.32. The van der Waals surface area contributed by atoms with Crippen molar-refractivity contribution in [3.05, 3.63) is 57.6 Å². The first-order chi connectivity index (χ1) is 11.3.